The average Bonchev–Trinajstić information content (AvgIpc) is 2.87. The van der Waals surface area contributed by atoms with E-state index >= 15 is 0 Å². The van der Waals surface area contributed by atoms with Crippen LogP contribution in [0.1, 0.15) is 16.1 Å². The van der Waals surface area contributed by atoms with Crippen LogP contribution in [0.15, 0.2) is 30.6 Å². The zero-order valence-electron chi connectivity index (χ0n) is 9.62. The van der Waals surface area contributed by atoms with Gasteiger partial charge in [-0.1, -0.05) is 12.2 Å². The standard InChI is InChI=1S/C11H11N5OS/c1-13-11(17)8-4-6-16(15-8)10-7(9(12)18)3-2-5-14-10/h2-6H,1H3,(H2,12,18)(H,13,17). The molecule has 0 bridgehead atoms. The van der Waals surface area contributed by atoms with Gasteiger partial charge in [0.2, 0.25) is 0 Å². The summed E-state index contributed by atoms with van der Waals surface area (Å²) in [5.41, 5.74) is 6.53. The maximum atomic E-state index is 11.4. The second-order valence-electron chi connectivity index (χ2n) is 3.46. The SMILES string of the molecule is CNC(=O)c1ccn(-c2ncccc2C(N)=S)n1. The first-order valence-corrected chi connectivity index (χ1v) is 5.57. The van der Waals surface area contributed by atoms with Gasteiger partial charge in [0.1, 0.15) is 4.99 Å². The third-order valence-corrected chi connectivity index (χ3v) is 2.54. The van der Waals surface area contributed by atoms with E-state index in [4.69, 9.17) is 18.0 Å². The van der Waals surface area contributed by atoms with Gasteiger partial charge >= 0.3 is 0 Å². The van der Waals surface area contributed by atoms with E-state index in [9.17, 15) is 4.79 Å². The molecule has 0 saturated carbocycles. The van der Waals surface area contributed by atoms with Gasteiger partial charge in [-0.05, 0) is 18.2 Å². The molecule has 2 rings (SSSR count). The smallest absolute Gasteiger partial charge is 0.271 e. The zero-order chi connectivity index (χ0) is 13.1. The number of carbonyl (C=O) groups excluding carboxylic acids is 1. The summed E-state index contributed by atoms with van der Waals surface area (Å²) in [5.74, 6) is 0.238. The molecule has 6 nitrogen and oxygen atoms in total. The minimum atomic E-state index is -0.262. The summed E-state index contributed by atoms with van der Waals surface area (Å²) in [6.07, 6.45) is 3.24. The van der Waals surface area contributed by atoms with E-state index in [0.29, 0.717) is 17.1 Å². The fraction of sp³-hybridized carbons (Fsp3) is 0.0909. The number of hydrogen-bond acceptors (Lipinski definition) is 4. The summed E-state index contributed by atoms with van der Waals surface area (Å²) < 4.78 is 1.47. The molecule has 0 fully saturated rings. The van der Waals surface area contributed by atoms with Gasteiger partial charge in [-0.3, -0.25) is 4.79 Å². The molecule has 3 N–H and O–H groups in total. The van der Waals surface area contributed by atoms with Gasteiger partial charge in [0.05, 0.1) is 5.56 Å². The van der Waals surface area contributed by atoms with E-state index in [1.807, 2.05) is 0 Å². The Morgan fingerprint density at radius 3 is 2.94 bits per heavy atom. The number of nitrogens with one attached hydrogen (secondary N) is 1. The molecule has 2 heterocycles. The van der Waals surface area contributed by atoms with Crippen molar-refractivity contribution in [2.24, 2.45) is 5.73 Å². The number of thiocarbonyl (C=S) groups is 1. The first kappa shape index (κ1) is 12.2. The molecular formula is C11H11N5OS. The third-order valence-electron chi connectivity index (χ3n) is 2.32. The van der Waals surface area contributed by atoms with Crippen molar-refractivity contribution in [2.75, 3.05) is 7.05 Å². The lowest BCUT2D eigenvalue weighted by Gasteiger charge is -2.06. The van der Waals surface area contributed by atoms with Crippen LogP contribution in [0.5, 0.6) is 0 Å². The first-order valence-electron chi connectivity index (χ1n) is 5.16. The van der Waals surface area contributed by atoms with E-state index < -0.39 is 0 Å². The minimum absolute atomic E-state index is 0.232. The Balaban J connectivity index is 2.46. The first-order chi connectivity index (χ1) is 8.63. The van der Waals surface area contributed by atoms with Crippen molar-refractivity contribution in [3.63, 3.8) is 0 Å². The fourth-order valence-electron chi connectivity index (χ4n) is 1.46. The molecule has 0 atom stereocenters. The van der Waals surface area contributed by atoms with Gasteiger partial charge in [-0.2, -0.15) is 5.10 Å². The Morgan fingerprint density at radius 1 is 1.50 bits per heavy atom. The van der Waals surface area contributed by atoms with Crippen molar-refractivity contribution in [3.8, 4) is 5.82 Å². The van der Waals surface area contributed by atoms with E-state index in [1.54, 1.807) is 37.6 Å². The molecule has 2 aromatic heterocycles. The van der Waals surface area contributed by atoms with Crippen LogP contribution in [0.3, 0.4) is 0 Å². The van der Waals surface area contributed by atoms with E-state index in [0.717, 1.165) is 0 Å². The van der Waals surface area contributed by atoms with E-state index in [1.165, 1.54) is 4.68 Å². The van der Waals surface area contributed by atoms with E-state index in [-0.39, 0.29) is 10.9 Å². The summed E-state index contributed by atoms with van der Waals surface area (Å²) in [4.78, 5) is 15.8. The van der Waals surface area contributed by atoms with Crippen molar-refractivity contribution in [1.82, 2.24) is 20.1 Å². The molecule has 0 radical (unpaired) electrons. The molecule has 0 aliphatic carbocycles. The molecule has 0 saturated heterocycles. The normalized spacial score (nSPS) is 10.1. The van der Waals surface area contributed by atoms with Crippen LogP contribution in [-0.4, -0.2) is 32.7 Å². The van der Waals surface area contributed by atoms with Gasteiger partial charge in [0.25, 0.3) is 5.91 Å². The second-order valence-corrected chi connectivity index (χ2v) is 3.90. The van der Waals surface area contributed by atoms with Crippen molar-refractivity contribution in [3.05, 3.63) is 41.9 Å². The second kappa shape index (κ2) is 4.92. The zero-order valence-corrected chi connectivity index (χ0v) is 10.4. The molecule has 2 aromatic rings. The van der Waals surface area contributed by atoms with E-state index in [2.05, 4.69) is 15.4 Å². The summed E-state index contributed by atoms with van der Waals surface area (Å²) in [7, 11) is 1.54. The Kier molecular flexibility index (Phi) is 3.33. The predicted molar refractivity (Wildman–Crippen MR) is 70.6 cm³/mol. The summed E-state index contributed by atoms with van der Waals surface area (Å²) in [5, 5.41) is 6.62. The number of nitrogens with two attached hydrogens (primary N) is 1. The molecule has 0 aliphatic rings. The molecule has 0 spiro atoms. The lowest BCUT2D eigenvalue weighted by atomic mass is 10.2. The minimum Gasteiger partial charge on any atom is -0.389 e. The molecule has 0 aliphatic heterocycles. The van der Waals surface area contributed by atoms with Crippen LogP contribution in [0.25, 0.3) is 5.82 Å². The average molecular weight is 261 g/mol. The number of rotatable bonds is 3. The van der Waals surface area contributed by atoms with Crippen molar-refractivity contribution >= 4 is 23.1 Å². The highest BCUT2D eigenvalue weighted by molar-refractivity contribution is 7.80. The van der Waals surface area contributed by atoms with Crippen LogP contribution < -0.4 is 11.1 Å². The Morgan fingerprint density at radius 2 is 2.28 bits per heavy atom. The van der Waals surface area contributed by atoms with Crippen LogP contribution in [-0.2, 0) is 0 Å². The maximum Gasteiger partial charge on any atom is 0.271 e. The largest absolute Gasteiger partial charge is 0.389 e. The number of hydrogen-bond donors (Lipinski definition) is 2. The number of amides is 1. The van der Waals surface area contributed by atoms with Crippen molar-refractivity contribution < 1.29 is 4.79 Å². The monoisotopic (exact) mass is 261 g/mol. The van der Waals surface area contributed by atoms with Crippen molar-refractivity contribution in [2.45, 2.75) is 0 Å². The highest BCUT2D eigenvalue weighted by Gasteiger charge is 2.12. The lowest BCUT2D eigenvalue weighted by Crippen LogP contribution is -2.19. The van der Waals surface area contributed by atoms with Gasteiger partial charge in [0, 0.05) is 19.4 Å². The predicted octanol–water partition coefficient (Wildman–Crippen LogP) is 0.261. The van der Waals surface area contributed by atoms with Crippen molar-refractivity contribution in [1.29, 1.82) is 0 Å². The molecule has 0 unspecified atom stereocenters. The maximum absolute atomic E-state index is 11.4. The van der Waals surface area contributed by atoms with Gasteiger partial charge in [0.15, 0.2) is 11.5 Å². The number of nitrogens with zero attached hydrogens (tertiary/aromatic N) is 3. The lowest BCUT2D eigenvalue weighted by molar-refractivity contribution is 0.0957. The van der Waals surface area contributed by atoms with Gasteiger partial charge < -0.3 is 11.1 Å². The third kappa shape index (κ3) is 2.21. The van der Waals surface area contributed by atoms with Crippen LogP contribution in [0.4, 0.5) is 0 Å². The molecule has 1 amide bonds. The summed E-state index contributed by atoms with van der Waals surface area (Å²) >= 11 is 4.95. The number of aromatic nitrogens is 3. The van der Waals surface area contributed by atoms with Crippen LogP contribution in [0, 0.1) is 0 Å². The summed E-state index contributed by atoms with van der Waals surface area (Å²) in [6, 6.07) is 5.09. The summed E-state index contributed by atoms with van der Waals surface area (Å²) in [6.45, 7) is 0. The van der Waals surface area contributed by atoms with Gasteiger partial charge in [-0.15, -0.1) is 0 Å². The molecular weight excluding hydrogens is 250 g/mol. The number of pyridine rings is 1. The van der Waals surface area contributed by atoms with Gasteiger partial charge in [-0.25, -0.2) is 9.67 Å². The van der Waals surface area contributed by atoms with Crippen LogP contribution in [0.2, 0.25) is 0 Å². The molecule has 7 heteroatoms. The number of carbonyl (C=O) groups is 1. The Bertz CT molecular complexity index is 607. The highest BCUT2D eigenvalue weighted by Crippen LogP contribution is 2.11. The molecule has 0 aromatic carbocycles. The Hall–Kier alpha value is -2.28. The highest BCUT2D eigenvalue weighted by atomic mass is 32.1. The topological polar surface area (TPSA) is 85.8 Å². The van der Waals surface area contributed by atoms with Crippen LogP contribution >= 0.6 is 12.2 Å². The molecule has 92 valence electrons. The molecule has 18 heavy (non-hydrogen) atoms. The quantitative estimate of drug-likeness (QED) is 0.774. The Labute approximate surface area is 109 Å². The fourth-order valence-corrected chi connectivity index (χ4v) is 1.62.